The lowest BCUT2D eigenvalue weighted by Crippen LogP contribution is -2.48. The number of carbonyl (C=O) groups excluding carboxylic acids is 1. The van der Waals surface area contributed by atoms with E-state index in [1.165, 1.54) is 0 Å². The third-order valence-corrected chi connectivity index (χ3v) is 5.02. The molecule has 1 N–H and O–H groups in total. The zero-order valence-corrected chi connectivity index (χ0v) is 14.6. The minimum absolute atomic E-state index is 0.0250. The fraction of sp³-hybridized carbons (Fsp3) is 0.333. The summed E-state index contributed by atoms with van der Waals surface area (Å²) in [6.07, 6.45) is 1.40. The summed E-state index contributed by atoms with van der Waals surface area (Å²) in [5.74, 6) is -0.233. The van der Waals surface area contributed by atoms with E-state index in [2.05, 4.69) is 0 Å². The minimum Gasteiger partial charge on any atom is -0.484 e. The van der Waals surface area contributed by atoms with E-state index in [0.717, 1.165) is 5.56 Å². The summed E-state index contributed by atoms with van der Waals surface area (Å²) in [4.78, 5) is 26.0. The maximum Gasteiger partial charge on any atom is 0.310 e. The predicted molar refractivity (Wildman–Crippen MR) is 98.0 cm³/mol. The van der Waals surface area contributed by atoms with Crippen LogP contribution >= 0.6 is 0 Å². The van der Waals surface area contributed by atoms with Gasteiger partial charge in [0.25, 0.3) is 5.91 Å². The molecule has 1 aliphatic rings. The molecule has 1 fully saturated rings. The van der Waals surface area contributed by atoms with Crippen molar-refractivity contribution in [3.63, 3.8) is 0 Å². The molecule has 5 nitrogen and oxygen atoms in total. The molecule has 0 radical (unpaired) electrons. The Balaban J connectivity index is 1.57. The zero-order chi connectivity index (χ0) is 18.4. The van der Waals surface area contributed by atoms with E-state index in [9.17, 15) is 14.7 Å². The molecular formula is C21H23NO4. The first-order chi connectivity index (χ1) is 12.6. The fourth-order valence-corrected chi connectivity index (χ4v) is 3.39. The largest absolute Gasteiger partial charge is 0.484 e. The molecule has 2 aromatic rings. The molecule has 0 atom stereocenters. The van der Waals surface area contributed by atoms with Crippen molar-refractivity contribution in [3.8, 4) is 5.75 Å². The highest BCUT2D eigenvalue weighted by Gasteiger charge is 2.42. The van der Waals surface area contributed by atoms with Crippen LogP contribution in [0.5, 0.6) is 5.75 Å². The van der Waals surface area contributed by atoms with Gasteiger partial charge in [-0.25, -0.2) is 0 Å². The van der Waals surface area contributed by atoms with Crippen LogP contribution in [0.3, 0.4) is 0 Å². The number of hydrogen-bond acceptors (Lipinski definition) is 3. The smallest absolute Gasteiger partial charge is 0.310 e. The molecule has 2 aromatic carbocycles. The number of hydrogen-bond donors (Lipinski definition) is 1. The van der Waals surface area contributed by atoms with Crippen LogP contribution in [0.1, 0.15) is 18.4 Å². The van der Waals surface area contributed by atoms with Crippen molar-refractivity contribution >= 4 is 11.9 Å². The second-order valence-corrected chi connectivity index (χ2v) is 6.73. The number of benzene rings is 2. The highest BCUT2D eigenvalue weighted by molar-refractivity contribution is 5.79. The van der Waals surface area contributed by atoms with Crippen LogP contribution in [-0.4, -0.2) is 41.6 Å². The van der Waals surface area contributed by atoms with Gasteiger partial charge in [-0.15, -0.1) is 0 Å². The van der Waals surface area contributed by atoms with E-state index in [1.54, 1.807) is 17.0 Å². The van der Waals surface area contributed by atoms with Crippen LogP contribution in [0.25, 0.3) is 0 Å². The standard InChI is InChI=1S/C21H23NO4/c23-19(16-26-18-9-5-2-6-10-18)22-13-11-21(12-14-22,20(24)25)15-17-7-3-1-4-8-17/h1-10H,11-16H2,(H,24,25). The number of carboxylic acids is 1. The first-order valence-corrected chi connectivity index (χ1v) is 8.82. The van der Waals surface area contributed by atoms with E-state index in [4.69, 9.17) is 4.74 Å². The SMILES string of the molecule is O=C(COc1ccccc1)N1CCC(Cc2ccccc2)(C(=O)O)CC1. The first kappa shape index (κ1) is 18.0. The van der Waals surface area contributed by atoms with Crippen molar-refractivity contribution in [1.29, 1.82) is 0 Å². The molecule has 1 heterocycles. The molecule has 136 valence electrons. The number of piperidine rings is 1. The molecule has 0 bridgehead atoms. The van der Waals surface area contributed by atoms with Crippen molar-refractivity contribution in [1.82, 2.24) is 4.90 Å². The summed E-state index contributed by atoms with van der Waals surface area (Å²) in [6.45, 7) is 0.856. The maximum absolute atomic E-state index is 12.4. The van der Waals surface area contributed by atoms with Crippen molar-refractivity contribution < 1.29 is 19.4 Å². The number of carbonyl (C=O) groups is 2. The van der Waals surface area contributed by atoms with Gasteiger partial charge in [-0.1, -0.05) is 48.5 Å². The lowest BCUT2D eigenvalue weighted by molar-refractivity contribution is -0.154. The minimum atomic E-state index is -0.807. The molecule has 0 aromatic heterocycles. The number of rotatable bonds is 6. The van der Waals surface area contributed by atoms with Crippen molar-refractivity contribution in [2.75, 3.05) is 19.7 Å². The van der Waals surface area contributed by atoms with Crippen LogP contribution in [0, 0.1) is 5.41 Å². The van der Waals surface area contributed by atoms with Gasteiger partial charge >= 0.3 is 5.97 Å². The number of amides is 1. The van der Waals surface area contributed by atoms with E-state index in [-0.39, 0.29) is 12.5 Å². The second kappa shape index (κ2) is 8.04. The summed E-state index contributed by atoms with van der Waals surface area (Å²) in [5.41, 5.74) is 0.209. The molecule has 1 saturated heterocycles. The van der Waals surface area contributed by atoms with Crippen molar-refractivity contribution in [2.24, 2.45) is 5.41 Å². The first-order valence-electron chi connectivity index (χ1n) is 8.82. The number of aliphatic carboxylic acids is 1. The van der Waals surface area contributed by atoms with Gasteiger partial charge in [-0.05, 0) is 37.0 Å². The normalized spacial score (nSPS) is 16.1. The molecule has 1 aliphatic heterocycles. The third kappa shape index (κ3) is 4.23. The Bertz CT molecular complexity index is 737. The summed E-state index contributed by atoms with van der Waals surface area (Å²) in [6, 6.07) is 18.9. The number of para-hydroxylation sites is 1. The Hall–Kier alpha value is -2.82. The molecule has 1 amide bonds. The Morgan fingerprint density at radius 3 is 2.12 bits per heavy atom. The second-order valence-electron chi connectivity index (χ2n) is 6.73. The molecule has 0 aliphatic carbocycles. The molecule has 0 spiro atoms. The fourth-order valence-electron chi connectivity index (χ4n) is 3.39. The predicted octanol–water partition coefficient (Wildman–Crippen LogP) is 3.00. The zero-order valence-electron chi connectivity index (χ0n) is 14.6. The van der Waals surface area contributed by atoms with Gasteiger partial charge in [0.15, 0.2) is 6.61 Å². The summed E-state index contributed by atoms with van der Waals surface area (Å²) in [5, 5.41) is 9.80. The Morgan fingerprint density at radius 2 is 1.54 bits per heavy atom. The lowest BCUT2D eigenvalue weighted by Gasteiger charge is -2.39. The van der Waals surface area contributed by atoms with Gasteiger partial charge in [-0.3, -0.25) is 9.59 Å². The van der Waals surface area contributed by atoms with Gasteiger partial charge < -0.3 is 14.7 Å². The average Bonchev–Trinajstić information content (AvgIpc) is 2.68. The van der Waals surface area contributed by atoms with Gasteiger partial charge in [0.1, 0.15) is 5.75 Å². The van der Waals surface area contributed by atoms with Crippen LogP contribution in [0.4, 0.5) is 0 Å². The number of carboxylic acid groups (broad SMARTS) is 1. The average molecular weight is 353 g/mol. The number of ether oxygens (including phenoxy) is 1. The monoisotopic (exact) mass is 353 g/mol. The molecule has 3 rings (SSSR count). The van der Waals surface area contributed by atoms with Crippen LogP contribution < -0.4 is 4.74 Å². The topological polar surface area (TPSA) is 66.8 Å². The highest BCUT2D eigenvalue weighted by Crippen LogP contribution is 2.35. The number of nitrogens with zero attached hydrogens (tertiary/aromatic N) is 1. The van der Waals surface area contributed by atoms with Gasteiger partial charge in [0.2, 0.25) is 0 Å². The van der Waals surface area contributed by atoms with Crippen LogP contribution in [0.2, 0.25) is 0 Å². The lowest BCUT2D eigenvalue weighted by atomic mass is 9.74. The maximum atomic E-state index is 12.4. The van der Waals surface area contributed by atoms with E-state index in [0.29, 0.717) is 38.1 Å². The Kier molecular flexibility index (Phi) is 5.56. The molecule has 0 saturated carbocycles. The van der Waals surface area contributed by atoms with Gasteiger partial charge in [0.05, 0.1) is 5.41 Å². The van der Waals surface area contributed by atoms with Gasteiger partial charge in [0, 0.05) is 13.1 Å². The van der Waals surface area contributed by atoms with Crippen molar-refractivity contribution in [2.45, 2.75) is 19.3 Å². The van der Waals surface area contributed by atoms with E-state index in [1.807, 2.05) is 48.5 Å². The van der Waals surface area contributed by atoms with Crippen molar-refractivity contribution in [3.05, 3.63) is 66.2 Å². The molecule has 26 heavy (non-hydrogen) atoms. The Morgan fingerprint density at radius 1 is 0.962 bits per heavy atom. The number of likely N-dealkylation sites (tertiary alicyclic amines) is 1. The molecule has 0 unspecified atom stereocenters. The van der Waals surface area contributed by atoms with Crippen LogP contribution in [0.15, 0.2) is 60.7 Å². The summed E-state index contributed by atoms with van der Waals surface area (Å²) in [7, 11) is 0. The third-order valence-electron chi connectivity index (χ3n) is 5.02. The van der Waals surface area contributed by atoms with E-state index < -0.39 is 11.4 Å². The summed E-state index contributed by atoms with van der Waals surface area (Å²) >= 11 is 0. The Labute approximate surface area is 153 Å². The van der Waals surface area contributed by atoms with Gasteiger partial charge in [-0.2, -0.15) is 0 Å². The quantitative estimate of drug-likeness (QED) is 0.867. The highest BCUT2D eigenvalue weighted by atomic mass is 16.5. The molecule has 5 heteroatoms. The molecular weight excluding hydrogens is 330 g/mol. The van der Waals surface area contributed by atoms with E-state index >= 15 is 0 Å². The van der Waals surface area contributed by atoms with Crippen LogP contribution in [-0.2, 0) is 16.0 Å². The summed E-state index contributed by atoms with van der Waals surface area (Å²) < 4.78 is 5.51.